The van der Waals surface area contributed by atoms with E-state index in [-0.39, 0.29) is 16.8 Å². The van der Waals surface area contributed by atoms with Gasteiger partial charge in [-0.3, -0.25) is 14.4 Å². The molecule has 1 aliphatic carbocycles. The van der Waals surface area contributed by atoms with E-state index in [1.54, 1.807) is 43.3 Å². The lowest BCUT2D eigenvalue weighted by molar-refractivity contribution is 0.0937. The molecule has 4 rings (SSSR count). The number of hydrogen-bond acceptors (Lipinski definition) is 4. The largest absolute Gasteiger partial charge is 0.348 e. The lowest BCUT2D eigenvalue weighted by atomic mass is 10.1. The van der Waals surface area contributed by atoms with Gasteiger partial charge in [-0.2, -0.15) is 0 Å². The van der Waals surface area contributed by atoms with E-state index in [0.717, 1.165) is 25.1 Å². The first-order chi connectivity index (χ1) is 13.8. The fraction of sp³-hybridized carbons (Fsp3) is 0.409. The third kappa shape index (κ3) is 4.62. The van der Waals surface area contributed by atoms with Crippen LogP contribution in [0.15, 0.2) is 47.4 Å². The molecule has 0 aromatic heterocycles. The molecule has 2 aromatic rings. The number of rotatable bonds is 6. The van der Waals surface area contributed by atoms with Crippen molar-refractivity contribution in [2.75, 3.05) is 17.8 Å². The van der Waals surface area contributed by atoms with Gasteiger partial charge in [0.1, 0.15) is 0 Å². The number of likely N-dealkylation sites (tertiary alicyclic amines) is 1. The van der Waals surface area contributed by atoms with Crippen molar-refractivity contribution in [3.05, 3.63) is 59.2 Å². The SMILES string of the molecule is Cc1ccc(C)c(S(=O)(=O)Nc2cccc(C(=O)N[C@H]3CCN(C4CC4)C3)c2)c1. The molecule has 1 amide bonds. The summed E-state index contributed by atoms with van der Waals surface area (Å²) in [4.78, 5) is 15.4. The van der Waals surface area contributed by atoms with Crippen LogP contribution < -0.4 is 10.0 Å². The molecule has 154 valence electrons. The number of carbonyl (C=O) groups is 1. The zero-order valence-electron chi connectivity index (χ0n) is 16.8. The standard InChI is InChI=1S/C22H27N3O3S/c1-15-6-7-16(2)21(12-15)29(27,28)24-18-5-3-4-17(13-18)22(26)23-19-10-11-25(14-19)20-8-9-20/h3-7,12-13,19-20,24H,8-11,14H2,1-2H3,(H,23,26)/t19-/m0/s1. The molecule has 1 aliphatic heterocycles. The van der Waals surface area contributed by atoms with Gasteiger partial charge in [-0.15, -0.1) is 0 Å². The Hall–Kier alpha value is -2.38. The van der Waals surface area contributed by atoms with Crippen LogP contribution in [-0.2, 0) is 10.0 Å². The van der Waals surface area contributed by atoms with Gasteiger partial charge in [-0.1, -0.05) is 18.2 Å². The molecule has 2 aliphatic rings. The summed E-state index contributed by atoms with van der Waals surface area (Å²) in [5.74, 6) is -0.166. The minimum Gasteiger partial charge on any atom is -0.348 e. The van der Waals surface area contributed by atoms with Crippen molar-refractivity contribution in [1.82, 2.24) is 10.2 Å². The average molecular weight is 414 g/mol. The summed E-state index contributed by atoms with van der Waals surface area (Å²) in [6.45, 7) is 5.56. The van der Waals surface area contributed by atoms with Gasteiger partial charge in [0.15, 0.2) is 0 Å². The number of anilines is 1. The Balaban J connectivity index is 1.45. The molecule has 6 nitrogen and oxygen atoms in total. The second-order valence-corrected chi connectivity index (χ2v) is 9.79. The number of nitrogens with one attached hydrogen (secondary N) is 2. The van der Waals surface area contributed by atoms with Crippen LogP contribution in [0.4, 0.5) is 5.69 Å². The van der Waals surface area contributed by atoms with Crippen LogP contribution in [0.1, 0.15) is 40.7 Å². The number of nitrogens with zero attached hydrogens (tertiary/aromatic N) is 1. The highest BCUT2D eigenvalue weighted by Crippen LogP contribution is 2.30. The molecule has 0 radical (unpaired) electrons. The Labute approximate surface area is 172 Å². The Morgan fingerprint density at radius 2 is 1.86 bits per heavy atom. The number of carbonyl (C=O) groups excluding carboxylic acids is 1. The summed E-state index contributed by atoms with van der Waals surface area (Å²) in [6, 6.07) is 12.8. The van der Waals surface area contributed by atoms with Crippen molar-refractivity contribution in [1.29, 1.82) is 0 Å². The molecular formula is C22H27N3O3S. The highest BCUT2D eigenvalue weighted by molar-refractivity contribution is 7.92. The van der Waals surface area contributed by atoms with Crippen LogP contribution in [0.25, 0.3) is 0 Å². The average Bonchev–Trinajstić information content (AvgIpc) is 3.43. The van der Waals surface area contributed by atoms with Gasteiger partial charge in [0.05, 0.1) is 4.90 Å². The normalized spacial score (nSPS) is 19.9. The van der Waals surface area contributed by atoms with E-state index in [4.69, 9.17) is 0 Å². The van der Waals surface area contributed by atoms with E-state index in [0.29, 0.717) is 22.9 Å². The molecule has 1 saturated carbocycles. The van der Waals surface area contributed by atoms with Crippen molar-refractivity contribution in [2.24, 2.45) is 0 Å². The summed E-state index contributed by atoms with van der Waals surface area (Å²) in [5.41, 5.74) is 2.39. The van der Waals surface area contributed by atoms with Gasteiger partial charge in [0.25, 0.3) is 15.9 Å². The fourth-order valence-corrected chi connectivity index (χ4v) is 5.26. The van der Waals surface area contributed by atoms with E-state index in [9.17, 15) is 13.2 Å². The third-order valence-corrected chi connectivity index (χ3v) is 7.15. The summed E-state index contributed by atoms with van der Waals surface area (Å²) >= 11 is 0. The van der Waals surface area contributed by atoms with Gasteiger partial charge >= 0.3 is 0 Å². The van der Waals surface area contributed by atoms with Gasteiger partial charge in [0, 0.05) is 36.4 Å². The van der Waals surface area contributed by atoms with Crippen LogP contribution >= 0.6 is 0 Å². The second kappa shape index (κ2) is 7.80. The summed E-state index contributed by atoms with van der Waals surface area (Å²) in [6.07, 6.45) is 3.49. The maximum absolute atomic E-state index is 12.8. The van der Waals surface area contributed by atoms with E-state index >= 15 is 0 Å². The number of amides is 1. The van der Waals surface area contributed by atoms with Crippen molar-refractivity contribution in [2.45, 2.75) is 50.1 Å². The first kappa shape index (κ1) is 19.9. The lowest BCUT2D eigenvalue weighted by Gasteiger charge is -2.16. The number of aryl methyl sites for hydroxylation is 2. The molecule has 1 saturated heterocycles. The van der Waals surface area contributed by atoms with E-state index in [1.807, 2.05) is 13.0 Å². The smallest absolute Gasteiger partial charge is 0.262 e. The predicted molar refractivity (Wildman–Crippen MR) is 114 cm³/mol. The van der Waals surface area contributed by atoms with Crippen molar-refractivity contribution in [3.8, 4) is 0 Å². The first-order valence-electron chi connectivity index (χ1n) is 10.1. The Kier molecular flexibility index (Phi) is 5.36. The highest BCUT2D eigenvalue weighted by atomic mass is 32.2. The monoisotopic (exact) mass is 413 g/mol. The predicted octanol–water partition coefficient (Wildman–Crippen LogP) is 3.07. The van der Waals surface area contributed by atoms with Gasteiger partial charge in [-0.05, 0) is 68.5 Å². The second-order valence-electron chi connectivity index (χ2n) is 8.14. The fourth-order valence-electron chi connectivity index (χ4n) is 3.88. The van der Waals surface area contributed by atoms with Crippen LogP contribution in [0, 0.1) is 13.8 Å². The van der Waals surface area contributed by atoms with E-state index in [2.05, 4.69) is 14.9 Å². The third-order valence-electron chi connectivity index (χ3n) is 5.63. The maximum atomic E-state index is 12.8. The van der Waals surface area contributed by atoms with Crippen molar-refractivity contribution >= 4 is 21.6 Å². The van der Waals surface area contributed by atoms with Crippen molar-refractivity contribution in [3.63, 3.8) is 0 Å². The van der Waals surface area contributed by atoms with E-state index < -0.39 is 10.0 Å². The first-order valence-corrected chi connectivity index (χ1v) is 11.6. The number of hydrogen-bond donors (Lipinski definition) is 2. The Morgan fingerprint density at radius 3 is 2.62 bits per heavy atom. The lowest BCUT2D eigenvalue weighted by Crippen LogP contribution is -2.37. The zero-order chi connectivity index (χ0) is 20.6. The molecule has 1 heterocycles. The molecular weight excluding hydrogens is 386 g/mol. The topological polar surface area (TPSA) is 78.5 Å². The zero-order valence-corrected chi connectivity index (χ0v) is 17.6. The summed E-state index contributed by atoms with van der Waals surface area (Å²) in [5, 5.41) is 3.09. The minimum absolute atomic E-state index is 0.151. The molecule has 2 N–H and O–H groups in total. The molecule has 29 heavy (non-hydrogen) atoms. The van der Waals surface area contributed by atoms with Crippen LogP contribution in [0.5, 0.6) is 0 Å². The van der Waals surface area contributed by atoms with Crippen LogP contribution in [0.3, 0.4) is 0 Å². The minimum atomic E-state index is -3.73. The Bertz CT molecular complexity index is 1030. The molecule has 0 bridgehead atoms. The number of benzene rings is 2. The summed E-state index contributed by atoms with van der Waals surface area (Å²) < 4.78 is 28.3. The van der Waals surface area contributed by atoms with Gasteiger partial charge < -0.3 is 5.32 Å². The highest BCUT2D eigenvalue weighted by Gasteiger charge is 2.34. The Morgan fingerprint density at radius 1 is 1.07 bits per heavy atom. The van der Waals surface area contributed by atoms with Crippen molar-refractivity contribution < 1.29 is 13.2 Å². The molecule has 0 spiro atoms. The molecule has 2 fully saturated rings. The summed E-state index contributed by atoms with van der Waals surface area (Å²) in [7, 11) is -3.73. The molecule has 7 heteroatoms. The molecule has 2 aromatic carbocycles. The maximum Gasteiger partial charge on any atom is 0.262 e. The van der Waals surface area contributed by atoms with Gasteiger partial charge in [-0.25, -0.2) is 8.42 Å². The quantitative estimate of drug-likeness (QED) is 0.763. The van der Waals surface area contributed by atoms with Gasteiger partial charge in [0.2, 0.25) is 0 Å². The van der Waals surface area contributed by atoms with Crippen LogP contribution in [0.2, 0.25) is 0 Å². The van der Waals surface area contributed by atoms with E-state index in [1.165, 1.54) is 12.8 Å². The molecule has 1 atom stereocenters. The molecule has 0 unspecified atom stereocenters. The van der Waals surface area contributed by atoms with Crippen LogP contribution in [-0.4, -0.2) is 44.4 Å². The number of sulfonamides is 1.